The number of hydrogen-bond acceptors (Lipinski definition) is 7. The van der Waals surface area contributed by atoms with Gasteiger partial charge in [0.15, 0.2) is 11.5 Å². The first-order chi connectivity index (χ1) is 17.5. The van der Waals surface area contributed by atoms with Crippen LogP contribution in [-0.4, -0.2) is 33.4 Å². The lowest BCUT2D eigenvalue weighted by Crippen LogP contribution is -2.37. The predicted octanol–water partition coefficient (Wildman–Crippen LogP) is 4.45. The highest BCUT2D eigenvalue weighted by Gasteiger charge is 2.27. The number of hydrogen-bond donors (Lipinski definition) is 1. The number of aryl methyl sites for hydroxylation is 2. The fraction of sp³-hybridized carbons (Fsp3) is 0.259. The maximum Gasteiger partial charge on any atom is 0.290 e. The van der Waals surface area contributed by atoms with Crippen LogP contribution in [0.4, 0.5) is 0 Å². The van der Waals surface area contributed by atoms with Crippen molar-refractivity contribution in [1.29, 1.82) is 0 Å². The molecule has 184 valence electrons. The van der Waals surface area contributed by atoms with Gasteiger partial charge in [0.25, 0.3) is 17.8 Å². The molecule has 2 amide bonds. The number of pyridine rings is 1. The summed E-state index contributed by atoms with van der Waals surface area (Å²) in [6.07, 6.45) is 3.12. The summed E-state index contributed by atoms with van der Waals surface area (Å²) in [5.41, 5.74) is 4.12. The van der Waals surface area contributed by atoms with E-state index >= 15 is 0 Å². The Bertz CT molecular complexity index is 1390. The molecule has 1 aliphatic heterocycles. The van der Waals surface area contributed by atoms with Crippen molar-refractivity contribution in [2.75, 3.05) is 6.54 Å². The van der Waals surface area contributed by atoms with Crippen LogP contribution in [0.5, 0.6) is 11.7 Å². The highest BCUT2D eigenvalue weighted by Crippen LogP contribution is 2.28. The summed E-state index contributed by atoms with van der Waals surface area (Å²) in [4.78, 5) is 31.9. The van der Waals surface area contributed by atoms with E-state index in [4.69, 9.17) is 13.7 Å². The number of aromatic nitrogens is 2. The van der Waals surface area contributed by atoms with E-state index in [-0.39, 0.29) is 29.2 Å². The molecule has 0 bridgehead atoms. The van der Waals surface area contributed by atoms with Crippen molar-refractivity contribution < 1.29 is 23.3 Å². The summed E-state index contributed by atoms with van der Waals surface area (Å²) in [6.45, 7) is 5.10. The van der Waals surface area contributed by atoms with Crippen molar-refractivity contribution in [3.8, 4) is 11.7 Å². The van der Waals surface area contributed by atoms with Crippen LogP contribution < -0.4 is 10.1 Å². The van der Waals surface area contributed by atoms with Crippen LogP contribution in [0.15, 0.2) is 63.7 Å². The van der Waals surface area contributed by atoms with E-state index < -0.39 is 0 Å². The molecule has 0 unspecified atom stereocenters. The quantitative estimate of drug-likeness (QED) is 0.411. The van der Waals surface area contributed by atoms with Crippen LogP contribution in [0.1, 0.15) is 56.1 Å². The monoisotopic (exact) mass is 486 g/mol. The van der Waals surface area contributed by atoms with E-state index in [0.29, 0.717) is 44.0 Å². The molecule has 0 saturated heterocycles. The first-order valence-electron chi connectivity index (χ1n) is 11.8. The number of benzene rings is 1. The van der Waals surface area contributed by atoms with Crippen molar-refractivity contribution in [1.82, 2.24) is 20.4 Å². The van der Waals surface area contributed by atoms with Crippen molar-refractivity contribution in [3.63, 3.8) is 0 Å². The van der Waals surface area contributed by atoms with Gasteiger partial charge in [-0.2, -0.15) is 0 Å². The lowest BCUT2D eigenvalue weighted by atomic mass is 9.94. The zero-order valence-corrected chi connectivity index (χ0v) is 20.1. The Hall–Kier alpha value is -4.40. The number of ether oxygens (including phenoxy) is 1. The van der Waals surface area contributed by atoms with Gasteiger partial charge in [0.1, 0.15) is 11.5 Å². The fourth-order valence-electron chi connectivity index (χ4n) is 4.23. The SMILES string of the molecule is CCc1cc(C(=O)NCc2c(C)ncc3c2CCN(C(=O)c2ccc(Oc4ccccc4)o2)C3)no1. The third-order valence-electron chi connectivity index (χ3n) is 6.20. The number of furan rings is 1. The third-order valence-corrected chi connectivity index (χ3v) is 6.20. The number of nitrogens with zero attached hydrogens (tertiary/aromatic N) is 3. The Morgan fingerprint density at radius 3 is 2.78 bits per heavy atom. The minimum absolute atomic E-state index is 0.211. The van der Waals surface area contributed by atoms with Gasteiger partial charge in [-0.1, -0.05) is 30.3 Å². The summed E-state index contributed by atoms with van der Waals surface area (Å²) in [5, 5.41) is 6.74. The van der Waals surface area contributed by atoms with E-state index in [1.54, 1.807) is 29.3 Å². The molecule has 3 aromatic heterocycles. The first kappa shape index (κ1) is 23.3. The highest BCUT2D eigenvalue weighted by molar-refractivity contribution is 5.92. The summed E-state index contributed by atoms with van der Waals surface area (Å²) in [5.74, 6) is 1.26. The molecule has 0 saturated carbocycles. The minimum Gasteiger partial charge on any atom is -0.426 e. The molecule has 0 aliphatic carbocycles. The molecule has 4 aromatic rings. The van der Waals surface area contributed by atoms with E-state index in [1.807, 2.05) is 44.2 Å². The second-order valence-electron chi connectivity index (χ2n) is 8.55. The smallest absolute Gasteiger partial charge is 0.290 e. The van der Waals surface area contributed by atoms with Gasteiger partial charge in [-0.25, -0.2) is 0 Å². The lowest BCUT2D eigenvalue weighted by Gasteiger charge is -2.30. The number of nitrogens with one attached hydrogen (secondary N) is 1. The Balaban J connectivity index is 1.26. The van der Waals surface area contributed by atoms with E-state index in [2.05, 4.69) is 15.5 Å². The average Bonchev–Trinajstić information content (AvgIpc) is 3.58. The molecule has 36 heavy (non-hydrogen) atoms. The largest absolute Gasteiger partial charge is 0.426 e. The summed E-state index contributed by atoms with van der Waals surface area (Å²) in [6, 6.07) is 14.2. The van der Waals surface area contributed by atoms with E-state index in [0.717, 1.165) is 22.4 Å². The summed E-state index contributed by atoms with van der Waals surface area (Å²) < 4.78 is 16.5. The van der Waals surface area contributed by atoms with Gasteiger partial charge in [-0.3, -0.25) is 14.6 Å². The molecule has 9 heteroatoms. The van der Waals surface area contributed by atoms with Crippen LogP contribution in [0.2, 0.25) is 0 Å². The Labute approximate surface area is 208 Å². The summed E-state index contributed by atoms with van der Waals surface area (Å²) in [7, 11) is 0. The Kier molecular flexibility index (Phi) is 6.53. The van der Waals surface area contributed by atoms with Crippen molar-refractivity contribution in [2.24, 2.45) is 0 Å². The van der Waals surface area contributed by atoms with Gasteiger partial charge < -0.3 is 23.9 Å². The number of fused-ring (bicyclic) bond motifs is 1. The summed E-state index contributed by atoms with van der Waals surface area (Å²) >= 11 is 0. The molecule has 4 heterocycles. The molecule has 1 N–H and O–H groups in total. The van der Waals surface area contributed by atoms with Gasteiger partial charge in [0, 0.05) is 50.1 Å². The standard InChI is InChI=1S/C27H26N4O5/c1-3-19-13-23(30-36-19)26(32)29-15-22-17(2)28-14-18-16-31(12-11-21(18)22)27(33)24-9-10-25(35-24)34-20-7-5-4-6-8-20/h4-10,13-14H,3,11-12,15-16H2,1-2H3,(H,29,32). The Morgan fingerprint density at radius 2 is 2.00 bits per heavy atom. The molecular weight excluding hydrogens is 460 g/mol. The van der Waals surface area contributed by atoms with Crippen LogP contribution >= 0.6 is 0 Å². The molecule has 0 spiro atoms. The number of amides is 2. The number of para-hydroxylation sites is 1. The van der Waals surface area contributed by atoms with Crippen LogP contribution in [0, 0.1) is 6.92 Å². The maximum absolute atomic E-state index is 13.1. The maximum atomic E-state index is 13.1. The first-order valence-corrected chi connectivity index (χ1v) is 11.8. The molecule has 9 nitrogen and oxygen atoms in total. The lowest BCUT2D eigenvalue weighted by molar-refractivity contribution is 0.0696. The molecule has 0 radical (unpaired) electrons. The number of rotatable bonds is 7. The van der Waals surface area contributed by atoms with Crippen molar-refractivity contribution in [2.45, 2.75) is 39.8 Å². The van der Waals surface area contributed by atoms with Gasteiger partial charge in [0.2, 0.25) is 0 Å². The molecule has 1 aromatic carbocycles. The second kappa shape index (κ2) is 10.1. The van der Waals surface area contributed by atoms with Crippen LogP contribution in [0.3, 0.4) is 0 Å². The van der Waals surface area contributed by atoms with E-state index in [9.17, 15) is 9.59 Å². The van der Waals surface area contributed by atoms with Crippen molar-refractivity contribution >= 4 is 11.8 Å². The number of carbonyl (C=O) groups is 2. The van der Waals surface area contributed by atoms with Gasteiger partial charge in [0.05, 0.1) is 0 Å². The van der Waals surface area contributed by atoms with Gasteiger partial charge >= 0.3 is 0 Å². The second-order valence-corrected chi connectivity index (χ2v) is 8.55. The molecule has 0 atom stereocenters. The molecular formula is C27H26N4O5. The van der Waals surface area contributed by atoms with Crippen LogP contribution in [0.25, 0.3) is 0 Å². The fourth-order valence-corrected chi connectivity index (χ4v) is 4.23. The molecule has 1 aliphatic rings. The van der Waals surface area contributed by atoms with Gasteiger partial charge in [-0.05, 0) is 48.2 Å². The van der Waals surface area contributed by atoms with Gasteiger partial charge in [-0.15, -0.1) is 0 Å². The Morgan fingerprint density at radius 1 is 1.17 bits per heavy atom. The van der Waals surface area contributed by atoms with Crippen molar-refractivity contribution in [3.05, 3.63) is 94.3 Å². The average molecular weight is 487 g/mol. The zero-order valence-electron chi connectivity index (χ0n) is 20.1. The predicted molar refractivity (Wildman–Crippen MR) is 130 cm³/mol. The third kappa shape index (κ3) is 4.86. The van der Waals surface area contributed by atoms with E-state index in [1.165, 1.54) is 0 Å². The highest BCUT2D eigenvalue weighted by atomic mass is 16.6. The topological polar surface area (TPSA) is 111 Å². The van der Waals surface area contributed by atoms with Crippen LogP contribution in [-0.2, 0) is 25.9 Å². The minimum atomic E-state index is -0.297. The normalized spacial score (nSPS) is 12.8. The number of carbonyl (C=O) groups excluding carboxylic acids is 2. The molecule has 0 fully saturated rings. The molecule has 5 rings (SSSR count). The zero-order chi connectivity index (χ0) is 25.1.